The Morgan fingerprint density at radius 3 is 2.44 bits per heavy atom. The van der Waals surface area contributed by atoms with Crippen molar-refractivity contribution in [2.24, 2.45) is 11.8 Å². The highest BCUT2D eigenvalue weighted by Crippen LogP contribution is 2.34. The average molecular weight is 230 g/mol. The SMILES string of the molecule is CCOC(=O)C(C(C)C)C1(O)CCOCC1. The monoisotopic (exact) mass is 230 g/mol. The van der Waals surface area contributed by atoms with Crippen LogP contribution >= 0.6 is 0 Å². The van der Waals surface area contributed by atoms with Crippen molar-refractivity contribution in [3.63, 3.8) is 0 Å². The first-order chi connectivity index (χ1) is 7.51. The van der Waals surface area contributed by atoms with Crippen LogP contribution in [-0.2, 0) is 14.3 Å². The quantitative estimate of drug-likeness (QED) is 0.741. The number of carbonyl (C=O) groups excluding carboxylic acids is 1. The molecule has 1 heterocycles. The van der Waals surface area contributed by atoms with E-state index >= 15 is 0 Å². The molecule has 1 saturated heterocycles. The molecule has 1 aliphatic rings. The van der Waals surface area contributed by atoms with E-state index < -0.39 is 11.5 Å². The minimum atomic E-state index is -0.960. The summed E-state index contributed by atoms with van der Waals surface area (Å²) in [5.74, 6) is -0.666. The Kier molecular flexibility index (Phi) is 4.74. The Morgan fingerprint density at radius 2 is 2.00 bits per heavy atom. The molecular weight excluding hydrogens is 208 g/mol. The van der Waals surface area contributed by atoms with Gasteiger partial charge in [0.15, 0.2) is 0 Å². The highest BCUT2D eigenvalue weighted by atomic mass is 16.5. The van der Waals surface area contributed by atoms with E-state index in [1.807, 2.05) is 13.8 Å². The zero-order valence-electron chi connectivity index (χ0n) is 10.4. The van der Waals surface area contributed by atoms with Gasteiger partial charge in [0.1, 0.15) is 0 Å². The number of rotatable bonds is 4. The molecule has 1 atom stereocenters. The molecule has 0 amide bonds. The van der Waals surface area contributed by atoms with Crippen molar-refractivity contribution in [3.8, 4) is 0 Å². The van der Waals surface area contributed by atoms with Gasteiger partial charge in [-0.25, -0.2) is 0 Å². The van der Waals surface area contributed by atoms with Crippen LogP contribution in [0.5, 0.6) is 0 Å². The van der Waals surface area contributed by atoms with E-state index in [0.29, 0.717) is 32.7 Å². The zero-order chi connectivity index (χ0) is 12.2. The van der Waals surface area contributed by atoms with Gasteiger partial charge in [0.2, 0.25) is 0 Å². The van der Waals surface area contributed by atoms with Gasteiger partial charge in [-0.15, -0.1) is 0 Å². The standard InChI is InChI=1S/C12H22O4/c1-4-16-11(13)10(9(2)3)12(14)5-7-15-8-6-12/h9-10,14H,4-8H2,1-3H3. The smallest absolute Gasteiger partial charge is 0.312 e. The molecule has 0 aromatic carbocycles. The second-order valence-corrected chi connectivity index (χ2v) is 4.69. The van der Waals surface area contributed by atoms with Crippen molar-refractivity contribution in [1.82, 2.24) is 0 Å². The predicted octanol–water partition coefficient (Wildman–Crippen LogP) is 1.36. The van der Waals surface area contributed by atoms with Crippen molar-refractivity contribution in [3.05, 3.63) is 0 Å². The summed E-state index contributed by atoms with van der Waals surface area (Å²) >= 11 is 0. The van der Waals surface area contributed by atoms with E-state index in [9.17, 15) is 9.90 Å². The zero-order valence-corrected chi connectivity index (χ0v) is 10.4. The molecule has 0 saturated carbocycles. The fraction of sp³-hybridized carbons (Fsp3) is 0.917. The van der Waals surface area contributed by atoms with E-state index in [1.165, 1.54) is 0 Å². The molecular formula is C12H22O4. The Balaban J connectivity index is 2.78. The van der Waals surface area contributed by atoms with Gasteiger partial charge >= 0.3 is 5.97 Å². The molecule has 1 aliphatic heterocycles. The normalized spacial score (nSPS) is 21.8. The lowest BCUT2D eigenvalue weighted by atomic mass is 9.75. The summed E-state index contributed by atoms with van der Waals surface area (Å²) in [6.07, 6.45) is 1.02. The molecule has 4 nitrogen and oxygen atoms in total. The van der Waals surface area contributed by atoms with Gasteiger partial charge in [-0.1, -0.05) is 13.8 Å². The van der Waals surface area contributed by atoms with Crippen molar-refractivity contribution in [2.75, 3.05) is 19.8 Å². The third kappa shape index (κ3) is 2.95. The molecule has 4 heteroatoms. The van der Waals surface area contributed by atoms with Crippen molar-refractivity contribution < 1.29 is 19.4 Å². The van der Waals surface area contributed by atoms with Crippen molar-refractivity contribution in [2.45, 2.75) is 39.2 Å². The summed E-state index contributed by atoms with van der Waals surface area (Å²) in [7, 11) is 0. The first kappa shape index (κ1) is 13.5. The second-order valence-electron chi connectivity index (χ2n) is 4.69. The highest BCUT2D eigenvalue weighted by Gasteiger charge is 2.45. The van der Waals surface area contributed by atoms with Crippen LogP contribution in [0.1, 0.15) is 33.6 Å². The number of esters is 1. The van der Waals surface area contributed by atoms with Crippen LogP contribution in [0, 0.1) is 11.8 Å². The molecule has 1 rings (SSSR count). The fourth-order valence-electron chi connectivity index (χ4n) is 2.38. The van der Waals surface area contributed by atoms with E-state index in [-0.39, 0.29) is 11.9 Å². The molecule has 0 aliphatic carbocycles. The number of ether oxygens (including phenoxy) is 2. The lowest BCUT2D eigenvalue weighted by molar-refractivity contribution is -0.170. The Labute approximate surface area is 96.9 Å². The molecule has 94 valence electrons. The Bertz CT molecular complexity index is 231. The third-order valence-corrected chi connectivity index (χ3v) is 3.14. The van der Waals surface area contributed by atoms with Gasteiger partial charge in [0.05, 0.1) is 18.1 Å². The van der Waals surface area contributed by atoms with Gasteiger partial charge in [-0.2, -0.15) is 0 Å². The third-order valence-electron chi connectivity index (χ3n) is 3.14. The number of aliphatic hydroxyl groups is 1. The van der Waals surface area contributed by atoms with Crippen LogP contribution < -0.4 is 0 Å². The first-order valence-electron chi connectivity index (χ1n) is 5.98. The van der Waals surface area contributed by atoms with Crippen LogP contribution in [0.2, 0.25) is 0 Å². The summed E-state index contributed by atoms with van der Waals surface area (Å²) in [5.41, 5.74) is -0.960. The minimum absolute atomic E-state index is 0.0714. The molecule has 16 heavy (non-hydrogen) atoms. The van der Waals surface area contributed by atoms with E-state index in [1.54, 1.807) is 6.92 Å². The summed E-state index contributed by atoms with van der Waals surface area (Å²) < 4.78 is 10.3. The van der Waals surface area contributed by atoms with Gasteiger partial charge in [0, 0.05) is 26.1 Å². The van der Waals surface area contributed by atoms with Crippen LogP contribution in [0.4, 0.5) is 0 Å². The lowest BCUT2D eigenvalue weighted by Gasteiger charge is -2.39. The molecule has 0 aromatic heterocycles. The van der Waals surface area contributed by atoms with E-state index in [4.69, 9.17) is 9.47 Å². The average Bonchev–Trinajstić information content (AvgIpc) is 2.17. The second kappa shape index (κ2) is 5.64. The highest BCUT2D eigenvalue weighted by molar-refractivity contribution is 5.74. The van der Waals surface area contributed by atoms with Gasteiger partial charge < -0.3 is 14.6 Å². The number of hydrogen-bond donors (Lipinski definition) is 1. The topological polar surface area (TPSA) is 55.8 Å². The summed E-state index contributed by atoms with van der Waals surface area (Å²) in [5, 5.41) is 10.5. The summed E-state index contributed by atoms with van der Waals surface area (Å²) in [6, 6.07) is 0. The molecule has 0 radical (unpaired) electrons. The van der Waals surface area contributed by atoms with Crippen molar-refractivity contribution in [1.29, 1.82) is 0 Å². The van der Waals surface area contributed by atoms with E-state index in [2.05, 4.69) is 0 Å². The van der Waals surface area contributed by atoms with Crippen LogP contribution in [-0.4, -0.2) is 36.5 Å². The molecule has 0 bridgehead atoms. The minimum Gasteiger partial charge on any atom is -0.466 e. The van der Waals surface area contributed by atoms with Gasteiger partial charge in [-0.05, 0) is 12.8 Å². The largest absolute Gasteiger partial charge is 0.466 e. The van der Waals surface area contributed by atoms with Crippen LogP contribution in [0.25, 0.3) is 0 Å². The molecule has 1 unspecified atom stereocenters. The maximum Gasteiger partial charge on any atom is 0.312 e. The van der Waals surface area contributed by atoms with Gasteiger partial charge in [0.25, 0.3) is 0 Å². The fourth-order valence-corrected chi connectivity index (χ4v) is 2.38. The summed E-state index contributed by atoms with van der Waals surface area (Å²) in [4.78, 5) is 11.9. The maximum atomic E-state index is 11.9. The molecule has 1 N–H and O–H groups in total. The lowest BCUT2D eigenvalue weighted by Crippen LogP contribution is -2.49. The molecule has 0 aromatic rings. The van der Waals surface area contributed by atoms with E-state index in [0.717, 1.165) is 0 Å². The van der Waals surface area contributed by atoms with Gasteiger partial charge in [-0.3, -0.25) is 4.79 Å². The maximum absolute atomic E-state index is 11.9. The Morgan fingerprint density at radius 1 is 1.44 bits per heavy atom. The van der Waals surface area contributed by atoms with Crippen molar-refractivity contribution >= 4 is 5.97 Å². The predicted molar refractivity (Wildman–Crippen MR) is 60.0 cm³/mol. The van der Waals surface area contributed by atoms with Crippen LogP contribution in [0.3, 0.4) is 0 Å². The number of carbonyl (C=O) groups is 1. The molecule has 1 fully saturated rings. The summed E-state index contributed by atoms with van der Waals surface area (Å²) in [6.45, 7) is 7.04. The number of hydrogen-bond acceptors (Lipinski definition) is 4. The Hall–Kier alpha value is -0.610. The first-order valence-corrected chi connectivity index (χ1v) is 5.98. The van der Waals surface area contributed by atoms with Crippen LogP contribution in [0.15, 0.2) is 0 Å². The molecule has 0 spiro atoms.